The molecule has 0 aliphatic carbocycles. The maximum atomic E-state index is 13.0. The average Bonchev–Trinajstić information content (AvgIpc) is 3.37. The van der Waals surface area contributed by atoms with Crippen LogP contribution in [0.4, 0.5) is 0 Å². The van der Waals surface area contributed by atoms with Crippen LogP contribution in [-0.2, 0) is 17.8 Å². The van der Waals surface area contributed by atoms with Crippen LogP contribution in [0.3, 0.4) is 0 Å². The minimum absolute atomic E-state index is 0.0627. The molecule has 0 spiro atoms. The van der Waals surface area contributed by atoms with Crippen LogP contribution < -0.4 is 0 Å². The molecule has 7 nitrogen and oxygen atoms in total. The Balaban J connectivity index is 1.33. The molecule has 3 N–H and O–H groups in total. The van der Waals surface area contributed by atoms with E-state index in [0.717, 1.165) is 33.8 Å². The highest BCUT2D eigenvalue weighted by atomic mass is 16.3. The van der Waals surface area contributed by atoms with Gasteiger partial charge in [0, 0.05) is 25.3 Å². The van der Waals surface area contributed by atoms with Gasteiger partial charge in [0.1, 0.15) is 11.6 Å². The molecule has 1 aliphatic rings. The van der Waals surface area contributed by atoms with Gasteiger partial charge < -0.3 is 20.0 Å². The predicted molar refractivity (Wildman–Crippen MR) is 108 cm³/mol. The van der Waals surface area contributed by atoms with E-state index in [4.69, 9.17) is 0 Å². The van der Waals surface area contributed by atoms with Crippen LogP contribution in [0.1, 0.15) is 35.1 Å². The number of hydrogen-bond donors (Lipinski definition) is 3. The molecule has 29 heavy (non-hydrogen) atoms. The molecule has 0 saturated heterocycles. The molecule has 2 aromatic heterocycles. The number of aromatic nitrogens is 4. The fraction of sp³-hybridized carbons (Fsp3) is 0.227. The highest BCUT2D eigenvalue weighted by Gasteiger charge is 2.31. The molecule has 0 radical (unpaired) electrons. The molecule has 1 amide bonds. The minimum Gasteiger partial charge on any atom is -0.508 e. The zero-order valence-corrected chi connectivity index (χ0v) is 15.8. The molecular weight excluding hydrogens is 366 g/mol. The number of imidazole rings is 2. The van der Waals surface area contributed by atoms with Crippen molar-refractivity contribution in [1.29, 1.82) is 0 Å². The number of aromatic amines is 2. The van der Waals surface area contributed by atoms with Gasteiger partial charge in [-0.25, -0.2) is 9.97 Å². The maximum Gasteiger partial charge on any atom is 0.223 e. The summed E-state index contributed by atoms with van der Waals surface area (Å²) in [5.74, 6) is 1.05. The second kappa shape index (κ2) is 7.09. The van der Waals surface area contributed by atoms with Crippen LogP contribution in [0.2, 0.25) is 0 Å². The number of rotatable bonds is 4. The summed E-state index contributed by atoms with van der Waals surface area (Å²) in [5, 5.41) is 9.87. The lowest BCUT2D eigenvalue weighted by molar-refractivity contribution is -0.132. The van der Waals surface area contributed by atoms with E-state index >= 15 is 0 Å². The molecule has 1 atom stereocenters. The first-order valence-corrected chi connectivity index (χ1v) is 9.70. The fourth-order valence-corrected chi connectivity index (χ4v) is 4.02. The molecule has 4 aromatic rings. The fourth-order valence-electron chi connectivity index (χ4n) is 4.02. The van der Waals surface area contributed by atoms with E-state index in [0.29, 0.717) is 25.9 Å². The lowest BCUT2D eigenvalue weighted by atomic mass is 9.90. The van der Waals surface area contributed by atoms with E-state index < -0.39 is 0 Å². The Morgan fingerprint density at radius 3 is 2.97 bits per heavy atom. The number of nitrogens with one attached hydrogen (secondary N) is 2. The van der Waals surface area contributed by atoms with E-state index in [1.807, 2.05) is 41.3 Å². The van der Waals surface area contributed by atoms with E-state index in [1.54, 1.807) is 18.5 Å². The number of phenolic OH excluding ortho intramolecular Hbond substituents is 1. The third kappa shape index (κ3) is 3.35. The van der Waals surface area contributed by atoms with E-state index in [9.17, 15) is 9.90 Å². The Hall–Kier alpha value is -3.61. The van der Waals surface area contributed by atoms with Crippen LogP contribution >= 0.6 is 0 Å². The van der Waals surface area contributed by atoms with Crippen molar-refractivity contribution >= 4 is 16.9 Å². The molecule has 0 bridgehead atoms. The van der Waals surface area contributed by atoms with E-state index in [1.165, 1.54) is 0 Å². The predicted octanol–water partition coefficient (Wildman–Crippen LogP) is 3.10. The Morgan fingerprint density at radius 2 is 2.10 bits per heavy atom. The zero-order chi connectivity index (χ0) is 19.8. The Morgan fingerprint density at radius 1 is 1.21 bits per heavy atom. The quantitative estimate of drug-likeness (QED) is 0.501. The maximum absolute atomic E-state index is 13.0. The minimum atomic E-state index is -0.0627. The summed E-state index contributed by atoms with van der Waals surface area (Å²) >= 11 is 0. The van der Waals surface area contributed by atoms with Crippen molar-refractivity contribution in [3.05, 3.63) is 77.6 Å². The van der Waals surface area contributed by atoms with Gasteiger partial charge in [0.2, 0.25) is 5.91 Å². The summed E-state index contributed by atoms with van der Waals surface area (Å²) in [5.41, 5.74) is 4.74. The highest BCUT2D eigenvalue weighted by molar-refractivity contribution is 5.78. The number of carbonyl (C=O) groups is 1. The van der Waals surface area contributed by atoms with Gasteiger partial charge in [-0.2, -0.15) is 0 Å². The lowest BCUT2D eigenvalue weighted by Crippen LogP contribution is -2.38. The van der Waals surface area contributed by atoms with Gasteiger partial charge in [-0.3, -0.25) is 4.79 Å². The van der Waals surface area contributed by atoms with Crippen molar-refractivity contribution < 1.29 is 9.90 Å². The number of benzene rings is 2. The van der Waals surface area contributed by atoms with Crippen LogP contribution in [0.25, 0.3) is 11.0 Å². The summed E-state index contributed by atoms with van der Waals surface area (Å²) in [7, 11) is 0. The number of nitrogens with zero attached hydrogens (tertiary/aromatic N) is 3. The number of fused-ring (bicyclic) bond motifs is 2. The van der Waals surface area contributed by atoms with Crippen molar-refractivity contribution in [2.45, 2.75) is 25.3 Å². The molecule has 1 aliphatic heterocycles. The summed E-state index contributed by atoms with van der Waals surface area (Å²) < 4.78 is 0. The number of hydrogen-bond acceptors (Lipinski definition) is 4. The van der Waals surface area contributed by atoms with Gasteiger partial charge in [0.15, 0.2) is 0 Å². The van der Waals surface area contributed by atoms with Crippen LogP contribution in [-0.4, -0.2) is 42.4 Å². The SMILES string of the molecule is O=C(CCc1nc2ccccc2[nH]1)N1Cc2[nH]cnc2C(c2cccc(O)c2)C1. The average molecular weight is 387 g/mol. The first-order valence-electron chi connectivity index (χ1n) is 9.70. The molecule has 7 heteroatoms. The first-order chi connectivity index (χ1) is 14.2. The van der Waals surface area contributed by atoms with Crippen LogP contribution in [0.15, 0.2) is 54.9 Å². The summed E-state index contributed by atoms with van der Waals surface area (Å²) in [6, 6.07) is 15.0. The van der Waals surface area contributed by atoms with Crippen LogP contribution in [0, 0.1) is 0 Å². The molecule has 1 unspecified atom stereocenters. The van der Waals surface area contributed by atoms with Crippen molar-refractivity contribution in [2.24, 2.45) is 0 Å². The monoisotopic (exact) mass is 387 g/mol. The molecule has 0 fully saturated rings. The standard InChI is InChI=1S/C22H21N5O2/c28-15-5-3-4-14(10-15)16-11-27(12-19-22(16)24-13-23-19)21(29)9-8-20-25-17-6-1-2-7-18(17)26-20/h1-7,10,13,16,28H,8-9,11-12H2,(H,23,24)(H,25,26). The van der Waals surface area contributed by atoms with Gasteiger partial charge in [-0.15, -0.1) is 0 Å². The summed E-state index contributed by atoms with van der Waals surface area (Å²) in [6.07, 6.45) is 2.62. The third-order valence-electron chi connectivity index (χ3n) is 5.47. The summed E-state index contributed by atoms with van der Waals surface area (Å²) in [6.45, 7) is 1.06. The van der Waals surface area contributed by atoms with Crippen molar-refractivity contribution in [3.8, 4) is 5.75 Å². The van der Waals surface area contributed by atoms with Crippen molar-refractivity contribution in [3.63, 3.8) is 0 Å². The molecule has 146 valence electrons. The number of para-hydroxylation sites is 2. The number of aryl methyl sites for hydroxylation is 1. The van der Waals surface area contributed by atoms with Gasteiger partial charge in [-0.1, -0.05) is 24.3 Å². The smallest absolute Gasteiger partial charge is 0.223 e. The van der Waals surface area contributed by atoms with Crippen molar-refractivity contribution in [2.75, 3.05) is 6.54 Å². The number of carbonyl (C=O) groups excluding carboxylic acids is 1. The van der Waals surface area contributed by atoms with Crippen molar-refractivity contribution in [1.82, 2.24) is 24.8 Å². The number of amides is 1. The Kier molecular flexibility index (Phi) is 4.27. The van der Waals surface area contributed by atoms with E-state index in [-0.39, 0.29) is 17.6 Å². The zero-order valence-electron chi connectivity index (χ0n) is 15.8. The topological polar surface area (TPSA) is 97.9 Å². The molecule has 0 saturated carbocycles. The Bertz CT molecular complexity index is 1150. The van der Waals surface area contributed by atoms with Gasteiger partial charge in [-0.05, 0) is 29.8 Å². The number of H-pyrrole nitrogens is 2. The second-order valence-electron chi connectivity index (χ2n) is 7.39. The van der Waals surface area contributed by atoms with Gasteiger partial charge in [0.05, 0.1) is 35.3 Å². The molecule has 5 rings (SSSR count). The summed E-state index contributed by atoms with van der Waals surface area (Å²) in [4.78, 5) is 30.3. The Labute approximate surface area is 167 Å². The highest BCUT2D eigenvalue weighted by Crippen LogP contribution is 2.33. The van der Waals surface area contributed by atoms with Gasteiger partial charge >= 0.3 is 0 Å². The molecule has 3 heterocycles. The lowest BCUT2D eigenvalue weighted by Gasteiger charge is -2.32. The van der Waals surface area contributed by atoms with E-state index in [2.05, 4.69) is 19.9 Å². The third-order valence-corrected chi connectivity index (χ3v) is 5.47. The number of aromatic hydroxyl groups is 1. The molecular formula is C22H21N5O2. The van der Waals surface area contributed by atoms with Crippen LogP contribution in [0.5, 0.6) is 5.75 Å². The number of phenols is 1. The largest absolute Gasteiger partial charge is 0.508 e. The second-order valence-corrected chi connectivity index (χ2v) is 7.39. The van der Waals surface area contributed by atoms with Gasteiger partial charge in [0.25, 0.3) is 0 Å². The normalized spacial score (nSPS) is 16.1. The molecule has 2 aromatic carbocycles. The first kappa shape index (κ1) is 17.5.